The largest absolute Gasteiger partial charge is 0.537 e. The number of unbranched alkanes of at least 4 members (excludes halogenated alkanes) is 3. The zero-order valence-electron chi connectivity index (χ0n) is 17.9. The minimum Gasteiger partial charge on any atom is -0.372 e. The van der Waals surface area contributed by atoms with Gasteiger partial charge in [-0.3, -0.25) is 0 Å². The van der Waals surface area contributed by atoms with Crippen molar-refractivity contribution in [2.24, 2.45) is 0 Å². The predicted octanol–water partition coefficient (Wildman–Crippen LogP) is 6.08. The Morgan fingerprint density at radius 3 is 1.07 bits per heavy atom. The summed E-state index contributed by atoms with van der Waals surface area (Å²) in [5.41, 5.74) is 1.12. The van der Waals surface area contributed by atoms with Crippen LogP contribution in [-0.4, -0.2) is 17.9 Å². The Morgan fingerprint density at radius 2 is 0.857 bits per heavy atom. The summed E-state index contributed by atoms with van der Waals surface area (Å²) < 4.78 is 15.5. The third-order valence-electron chi connectivity index (χ3n) is 3.66. The van der Waals surface area contributed by atoms with Crippen molar-refractivity contribution in [3.8, 4) is 0 Å². The van der Waals surface area contributed by atoms with E-state index >= 15 is 0 Å². The molecule has 0 spiro atoms. The van der Waals surface area contributed by atoms with E-state index in [4.69, 9.17) is 13.6 Å². The molecule has 0 aromatic rings. The van der Waals surface area contributed by atoms with Gasteiger partial charge in [-0.15, -0.1) is 0 Å². The summed E-state index contributed by atoms with van der Waals surface area (Å²) in [7, 11) is -2.49. The van der Waals surface area contributed by atoms with Crippen LogP contribution in [0, 0.1) is 0 Å². The van der Waals surface area contributed by atoms with Gasteiger partial charge in [-0.1, -0.05) is 58.3 Å². The molecule has 0 atom stereocenters. The highest BCUT2D eigenvalue weighted by atomic mass is 31.2. The molecule has 0 aliphatic rings. The molecule has 0 aliphatic carbocycles. The lowest BCUT2D eigenvalue weighted by Crippen LogP contribution is -2.13. The Kier molecular flexibility index (Phi) is 14.0. The molecule has 0 unspecified atom stereocenters. The van der Waals surface area contributed by atoms with E-state index < -0.39 is 26.5 Å². The van der Waals surface area contributed by atoms with Crippen LogP contribution in [-0.2, 0) is 28.0 Å². The Balaban J connectivity index is 5.28. The highest BCUT2D eigenvalue weighted by molar-refractivity contribution is 7.43. The van der Waals surface area contributed by atoms with Gasteiger partial charge in [0.1, 0.15) is 0 Å². The fourth-order valence-corrected chi connectivity index (χ4v) is 2.76. The first-order valence-electron chi connectivity index (χ1n) is 9.73. The van der Waals surface area contributed by atoms with Gasteiger partial charge in [0, 0.05) is 16.7 Å². The van der Waals surface area contributed by atoms with E-state index in [2.05, 4.69) is 0 Å². The molecule has 0 rings (SSSR count). The van der Waals surface area contributed by atoms with E-state index in [1.807, 2.05) is 20.8 Å². The zero-order chi connectivity index (χ0) is 21.5. The molecule has 0 aromatic heterocycles. The molecule has 0 heterocycles. The number of allylic oxidation sites excluding steroid dienone is 3. The molecule has 0 aromatic carbocycles. The fourth-order valence-electron chi connectivity index (χ4n) is 1.81. The van der Waals surface area contributed by atoms with E-state index in [9.17, 15) is 14.4 Å². The third kappa shape index (κ3) is 11.0. The second-order valence-electron chi connectivity index (χ2n) is 6.39. The highest BCUT2D eigenvalue weighted by Crippen LogP contribution is 2.42. The van der Waals surface area contributed by atoms with Gasteiger partial charge in [0.15, 0.2) is 0 Å². The van der Waals surface area contributed by atoms with Crippen LogP contribution in [0.4, 0.5) is 0 Å². The first-order chi connectivity index (χ1) is 13.3. The highest BCUT2D eigenvalue weighted by Gasteiger charge is 2.29. The normalized spacial score (nSPS) is 13.7. The molecule has 0 aliphatic heterocycles. The van der Waals surface area contributed by atoms with Crippen LogP contribution >= 0.6 is 8.60 Å². The SMILES string of the molecule is CCCC=C(C)C(=O)OP(OC(=O)C(C)=CCCC)OC(=O)C(C)=CCCC. The average Bonchev–Trinajstić information content (AvgIpc) is 2.67. The molecule has 0 bridgehead atoms. The van der Waals surface area contributed by atoms with E-state index in [1.165, 1.54) is 0 Å². The van der Waals surface area contributed by atoms with Crippen molar-refractivity contribution in [2.45, 2.75) is 80.1 Å². The van der Waals surface area contributed by atoms with Crippen molar-refractivity contribution in [2.75, 3.05) is 0 Å². The zero-order valence-corrected chi connectivity index (χ0v) is 18.8. The number of hydrogen-bond donors (Lipinski definition) is 0. The Bertz CT molecular complexity index is 533. The molecule has 0 N–H and O–H groups in total. The third-order valence-corrected chi connectivity index (χ3v) is 4.60. The maximum atomic E-state index is 12.2. The van der Waals surface area contributed by atoms with Gasteiger partial charge in [0.25, 0.3) is 0 Å². The van der Waals surface area contributed by atoms with Crippen LogP contribution in [0.15, 0.2) is 34.9 Å². The molecule has 0 amide bonds. The van der Waals surface area contributed by atoms with Crippen molar-refractivity contribution < 1.29 is 28.0 Å². The maximum Gasteiger partial charge on any atom is 0.537 e. The Morgan fingerprint density at radius 1 is 0.607 bits per heavy atom. The number of carbonyl (C=O) groups is 3. The van der Waals surface area contributed by atoms with Crippen LogP contribution in [0.5, 0.6) is 0 Å². The molecular weight excluding hydrogens is 379 g/mol. The van der Waals surface area contributed by atoms with Crippen molar-refractivity contribution in [3.63, 3.8) is 0 Å². The summed E-state index contributed by atoms with van der Waals surface area (Å²) >= 11 is 0. The lowest BCUT2D eigenvalue weighted by atomic mass is 10.2. The van der Waals surface area contributed by atoms with E-state index in [1.54, 1.807) is 39.0 Å². The molecule has 0 radical (unpaired) electrons. The molecule has 158 valence electrons. The van der Waals surface area contributed by atoms with Gasteiger partial charge in [-0.05, 0) is 40.0 Å². The lowest BCUT2D eigenvalue weighted by Gasteiger charge is -2.15. The van der Waals surface area contributed by atoms with Crippen LogP contribution < -0.4 is 0 Å². The van der Waals surface area contributed by atoms with Crippen molar-refractivity contribution in [3.05, 3.63) is 34.9 Å². The van der Waals surface area contributed by atoms with Crippen LogP contribution in [0.25, 0.3) is 0 Å². The molecule has 0 saturated carbocycles. The second-order valence-corrected chi connectivity index (χ2v) is 7.38. The summed E-state index contributed by atoms with van der Waals surface area (Å²) in [4.78, 5) is 36.7. The lowest BCUT2D eigenvalue weighted by molar-refractivity contribution is -0.137. The quantitative estimate of drug-likeness (QED) is 0.285. The van der Waals surface area contributed by atoms with Crippen molar-refractivity contribution in [1.29, 1.82) is 0 Å². The second kappa shape index (κ2) is 15.0. The number of hydrogen-bond acceptors (Lipinski definition) is 6. The molecule has 0 saturated heterocycles. The van der Waals surface area contributed by atoms with E-state index in [-0.39, 0.29) is 0 Å². The van der Waals surface area contributed by atoms with E-state index in [0.717, 1.165) is 38.5 Å². The Hall–Kier alpha value is -1.94. The molecule has 7 heteroatoms. The monoisotopic (exact) mass is 412 g/mol. The summed E-state index contributed by atoms with van der Waals surface area (Å²) in [6, 6.07) is 0. The standard InChI is InChI=1S/C21H33O6P/c1-7-10-13-16(4)19(22)25-28(26-20(23)17(5)14-11-8-2)27-21(24)18(6)15-12-9-3/h13-15H,7-12H2,1-6H3. The summed E-state index contributed by atoms with van der Waals surface area (Å²) in [5, 5.41) is 0. The minimum atomic E-state index is -2.49. The van der Waals surface area contributed by atoms with Crippen molar-refractivity contribution >= 4 is 26.5 Å². The maximum absolute atomic E-state index is 12.2. The number of carbonyl (C=O) groups excluding carboxylic acids is 3. The van der Waals surface area contributed by atoms with Gasteiger partial charge in [0.05, 0.1) is 0 Å². The summed E-state index contributed by atoms with van der Waals surface area (Å²) in [6.45, 7) is 10.8. The first kappa shape index (κ1) is 26.1. The fraction of sp³-hybridized carbons (Fsp3) is 0.571. The minimum absolute atomic E-state index is 0.373. The number of rotatable bonds is 12. The smallest absolute Gasteiger partial charge is 0.372 e. The summed E-state index contributed by atoms with van der Waals surface area (Å²) in [5.74, 6) is -2.03. The first-order valence-corrected chi connectivity index (χ1v) is 10.8. The van der Waals surface area contributed by atoms with Crippen LogP contribution in [0.1, 0.15) is 80.1 Å². The van der Waals surface area contributed by atoms with Crippen LogP contribution in [0.2, 0.25) is 0 Å². The van der Waals surface area contributed by atoms with Gasteiger partial charge in [0.2, 0.25) is 0 Å². The Labute approximate surface area is 170 Å². The molecule has 28 heavy (non-hydrogen) atoms. The predicted molar refractivity (Wildman–Crippen MR) is 111 cm³/mol. The molecule has 6 nitrogen and oxygen atoms in total. The summed E-state index contributed by atoms with van der Waals surface area (Å²) in [6.07, 6.45) is 10.0. The molecule has 0 fully saturated rings. The van der Waals surface area contributed by atoms with Gasteiger partial charge in [-0.2, -0.15) is 0 Å². The van der Waals surface area contributed by atoms with Crippen molar-refractivity contribution in [1.82, 2.24) is 0 Å². The molecular formula is C21H33O6P. The van der Waals surface area contributed by atoms with Gasteiger partial charge in [-0.25, -0.2) is 14.4 Å². The van der Waals surface area contributed by atoms with Crippen LogP contribution in [0.3, 0.4) is 0 Å². The van der Waals surface area contributed by atoms with Gasteiger partial charge < -0.3 is 13.6 Å². The van der Waals surface area contributed by atoms with E-state index in [0.29, 0.717) is 16.7 Å². The van der Waals surface area contributed by atoms with Gasteiger partial charge >= 0.3 is 26.5 Å². The average molecular weight is 412 g/mol. The topological polar surface area (TPSA) is 78.9 Å².